The van der Waals surface area contributed by atoms with E-state index in [1.807, 2.05) is 12.1 Å². The number of aromatic carboxylic acids is 1. The molecule has 0 saturated heterocycles. The van der Waals surface area contributed by atoms with Crippen molar-refractivity contribution in [3.8, 4) is 0 Å². The second-order valence-electron chi connectivity index (χ2n) is 3.05. The van der Waals surface area contributed by atoms with E-state index in [0.29, 0.717) is 11.0 Å². The third kappa shape index (κ3) is 1.71. The first kappa shape index (κ1) is 9.39. The van der Waals surface area contributed by atoms with Crippen molar-refractivity contribution in [2.24, 2.45) is 4.99 Å². The number of H-pyrrole nitrogens is 1. The summed E-state index contributed by atoms with van der Waals surface area (Å²) in [6.07, 6.45) is 1.70. The van der Waals surface area contributed by atoms with Crippen molar-refractivity contribution in [2.45, 2.75) is 0 Å². The number of carboxylic acids is 1. The number of rotatable bonds is 2. The number of aromatic amines is 1. The van der Waals surface area contributed by atoms with E-state index in [4.69, 9.17) is 5.11 Å². The van der Waals surface area contributed by atoms with E-state index in [0.717, 1.165) is 5.56 Å². The Balaban J connectivity index is 2.56. The molecular weight excluding hydrogens is 194 g/mol. The molecule has 0 saturated carbocycles. The summed E-state index contributed by atoms with van der Waals surface area (Å²) in [5, 5.41) is 8.74. The molecule has 0 amide bonds. The van der Waals surface area contributed by atoms with Crippen molar-refractivity contribution < 1.29 is 9.90 Å². The fraction of sp³-hybridized carbons (Fsp3) is 0.100. The average Bonchev–Trinajstić information content (AvgIpc) is 2.61. The lowest BCUT2D eigenvalue weighted by Crippen LogP contribution is -1.97. The standard InChI is InChI=1S/C10H9N3O2/c1-11-5-6-2-3-7-8(4-6)13-9(12-7)10(14)15/h2-5H,1H3,(H,12,13)(H,14,15). The summed E-state index contributed by atoms with van der Waals surface area (Å²) in [5.74, 6) is -1.10. The van der Waals surface area contributed by atoms with Crippen LogP contribution in [0, 0.1) is 0 Å². The SMILES string of the molecule is CN=Cc1ccc2nc(C(=O)O)[nH]c2c1. The van der Waals surface area contributed by atoms with Crippen molar-refractivity contribution in [1.82, 2.24) is 9.97 Å². The average molecular weight is 203 g/mol. The zero-order chi connectivity index (χ0) is 10.8. The monoisotopic (exact) mass is 203 g/mol. The Kier molecular flexibility index (Phi) is 2.21. The molecule has 1 heterocycles. The summed E-state index contributed by atoms with van der Waals surface area (Å²) in [5.41, 5.74) is 2.25. The molecule has 0 atom stereocenters. The second-order valence-corrected chi connectivity index (χ2v) is 3.05. The van der Waals surface area contributed by atoms with Gasteiger partial charge in [0.05, 0.1) is 11.0 Å². The van der Waals surface area contributed by atoms with Crippen LogP contribution in [-0.2, 0) is 0 Å². The summed E-state index contributed by atoms with van der Waals surface area (Å²) >= 11 is 0. The fourth-order valence-corrected chi connectivity index (χ4v) is 1.36. The van der Waals surface area contributed by atoms with E-state index in [-0.39, 0.29) is 5.82 Å². The number of hydrogen-bond acceptors (Lipinski definition) is 3. The van der Waals surface area contributed by atoms with Gasteiger partial charge in [0, 0.05) is 13.3 Å². The van der Waals surface area contributed by atoms with Crippen molar-refractivity contribution in [1.29, 1.82) is 0 Å². The highest BCUT2D eigenvalue weighted by atomic mass is 16.4. The first-order valence-electron chi connectivity index (χ1n) is 4.36. The first-order chi connectivity index (χ1) is 7.20. The van der Waals surface area contributed by atoms with E-state index in [1.54, 1.807) is 19.3 Å². The molecule has 0 radical (unpaired) electrons. The van der Waals surface area contributed by atoms with Crippen molar-refractivity contribution in [2.75, 3.05) is 7.05 Å². The predicted molar refractivity (Wildman–Crippen MR) is 56.6 cm³/mol. The van der Waals surface area contributed by atoms with Gasteiger partial charge >= 0.3 is 5.97 Å². The van der Waals surface area contributed by atoms with Crippen LogP contribution in [0.3, 0.4) is 0 Å². The molecule has 1 aromatic heterocycles. The van der Waals surface area contributed by atoms with Crippen LogP contribution in [0.1, 0.15) is 16.2 Å². The molecule has 0 bridgehead atoms. The summed E-state index contributed by atoms with van der Waals surface area (Å²) in [7, 11) is 1.68. The Hall–Kier alpha value is -2.17. The van der Waals surface area contributed by atoms with Gasteiger partial charge in [-0.15, -0.1) is 0 Å². The van der Waals surface area contributed by atoms with Gasteiger partial charge in [-0.05, 0) is 17.7 Å². The lowest BCUT2D eigenvalue weighted by molar-refractivity contribution is 0.0685. The number of aliphatic imine (C=N–C) groups is 1. The van der Waals surface area contributed by atoms with Gasteiger partial charge in [0.25, 0.3) is 0 Å². The van der Waals surface area contributed by atoms with Gasteiger partial charge in [-0.3, -0.25) is 4.99 Å². The van der Waals surface area contributed by atoms with Gasteiger partial charge in [-0.1, -0.05) is 6.07 Å². The molecule has 15 heavy (non-hydrogen) atoms. The molecule has 5 nitrogen and oxygen atoms in total. The molecular formula is C10H9N3O2. The highest BCUT2D eigenvalue weighted by Crippen LogP contribution is 2.12. The Morgan fingerprint density at radius 2 is 2.40 bits per heavy atom. The largest absolute Gasteiger partial charge is 0.475 e. The molecule has 2 aromatic rings. The first-order valence-corrected chi connectivity index (χ1v) is 4.36. The summed E-state index contributed by atoms with van der Waals surface area (Å²) in [6.45, 7) is 0. The minimum Gasteiger partial charge on any atom is -0.475 e. The second kappa shape index (κ2) is 3.53. The Morgan fingerprint density at radius 3 is 3.07 bits per heavy atom. The maximum Gasteiger partial charge on any atom is 0.371 e. The minimum atomic E-state index is -1.06. The van der Waals surface area contributed by atoms with Gasteiger partial charge in [-0.2, -0.15) is 0 Å². The molecule has 0 aliphatic rings. The predicted octanol–water partition coefficient (Wildman–Crippen LogP) is 1.31. The minimum absolute atomic E-state index is 0.0458. The number of fused-ring (bicyclic) bond motifs is 1. The smallest absolute Gasteiger partial charge is 0.371 e. The maximum atomic E-state index is 10.7. The van der Waals surface area contributed by atoms with Gasteiger partial charge in [0.2, 0.25) is 5.82 Å². The molecule has 76 valence electrons. The highest BCUT2D eigenvalue weighted by Gasteiger charge is 2.08. The van der Waals surface area contributed by atoms with Gasteiger partial charge in [0.1, 0.15) is 0 Å². The number of nitrogens with one attached hydrogen (secondary N) is 1. The highest BCUT2D eigenvalue weighted by molar-refractivity contribution is 5.91. The van der Waals surface area contributed by atoms with E-state index in [1.165, 1.54) is 0 Å². The molecule has 0 unspecified atom stereocenters. The van der Waals surface area contributed by atoms with Crippen LogP contribution < -0.4 is 0 Å². The Labute approximate surface area is 85.5 Å². The van der Waals surface area contributed by atoms with Crippen LogP contribution in [-0.4, -0.2) is 34.3 Å². The quantitative estimate of drug-likeness (QED) is 0.722. The molecule has 5 heteroatoms. The number of carboxylic acid groups (broad SMARTS) is 1. The van der Waals surface area contributed by atoms with E-state index in [9.17, 15) is 4.79 Å². The fourth-order valence-electron chi connectivity index (χ4n) is 1.36. The number of benzene rings is 1. The molecule has 2 rings (SSSR count). The summed E-state index contributed by atoms with van der Waals surface area (Å²) in [6, 6.07) is 5.40. The molecule has 1 aromatic carbocycles. The number of hydrogen-bond donors (Lipinski definition) is 2. The van der Waals surface area contributed by atoms with E-state index >= 15 is 0 Å². The zero-order valence-corrected chi connectivity index (χ0v) is 8.06. The van der Waals surface area contributed by atoms with Crippen molar-refractivity contribution >= 4 is 23.2 Å². The molecule has 0 fully saturated rings. The number of aromatic nitrogens is 2. The number of nitrogens with zero attached hydrogens (tertiary/aromatic N) is 2. The third-order valence-corrected chi connectivity index (χ3v) is 1.99. The number of carbonyl (C=O) groups is 1. The Bertz CT molecular complexity index is 543. The zero-order valence-electron chi connectivity index (χ0n) is 8.06. The van der Waals surface area contributed by atoms with Gasteiger partial charge < -0.3 is 10.1 Å². The number of imidazole rings is 1. The summed E-state index contributed by atoms with van der Waals surface area (Å²) in [4.78, 5) is 21.2. The lowest BCUT2D eigenvalue weighted by atomic mass is 10.2. The normalized spacial score (nSPS) is 11.3. The topological polar surface area (TPSA) is 78.3 Å². The van der Waals surface area contributed by atoms with Crippen LogP contribution in [0.25, 0.3) is 11.0 Å². The van der Waals surface area contributed by atoms with Crippen LogP contribution in [0.4, 0.5) is 0 Å². The third-order valence-electron chi connectivity index (χ3n) is 1.99. The Morgan fingerprint density at radius 1 is 1.60 bits per heavy atom. The molecule has 0 aliphatic carbocycles. The molecule has 0 spiro atoms. The van der Waals surface area contributed by atoms with Crippen molar-refractivity contribution in [3.63, 3.8) is 0 Å². The molecule has 2 N–H and O–H groups in total. The van der Waals surface area contributed by atoms with E-state index in [2.05, 4.69) is 15.0 Å². The van der Waals surface area contributed by atoms with Gasteiger partial charge in [-0.25, -0.2) is 9.78 Å². The lowest BCUT2D eigenvalue weighted by Gasteiger charge is -1.91. The van der Waals surface area contributed by atoms with Crippen molar-refractivity contribution in [3.05, 3.63) is 29.6 Å². The molecule has 0 aliphatic heterocycles. The van der Waals surface area contributed by atoms with Crippen LogP contribution in [0.15, 0.2) is 23.2 Å². The van der Waals surface area contributed by atoms with Gasteiger partial charge in [0.15, 0.2) is 0 Å². The van der Waals surface area contributed by atoms with E-state index < -0.39 is 5.97 Å². The van der Waals surface area contributed by atoms with Crippen LogP contribution >= 0.6 is 0 Å². The van der Waals surface area contributed by atoms with Crippen LogP contribution in [0.5, 0.6) is 0 Å². The summed E-state index contributed by atoms with van der Waals surface area (Å²) < 4.78 is 0. The van der Waals surface area contributed by atoms with Crippen LogP contribution in [0.2, 0.25) is 0 Å². The maximum absolute atomic E-state index is 10.7.